The molecule has 3 nitrogen and oxygen atoms in total. The summed E-state index contributed by atoms with van der Waals surface area (Å²) in [6.45, 7) is 9.16. The van der Waals surface area contributed by atoms with Crippen molar-refractivity contribution in [1.82, 2.24) is 14.7 Å². The molecule has 0 aliphatic heterocycles. The molecule has 3 heteroatoms. The molecule has 1 atom stereocenters. The fourth-order valence-corrected chi connectivity index (χ4v) is 1.37. The van der Waals surface area contributed by atoms with E-state index in [1.807, 2.05) is 0 Å². The number of nitrogens with zero attached hydrogens (tertiary/aromatic N) is 3. The van der Waals surface area contributed by atoms with Crippen molar-refractivity contribution in [2.45, 2.75) is 26.3 Å². The molecule has 0 amide bonds. The Morgan fingerprint density at radius 3 is 2.00 bits per heavy atom. The van der Waals surface area contributed by atoms with Gasteiger partial charge in [-0.1, -0.05) is 6.92 Å². The van der Waals surface area contributed by atoms with E-state index in [9.17, 15) is 0 Å². The van der Waals surface area contributed by atoms with Gasteiger partial charge >= 0.3 is 0 Å². The zero-order valence-electron chi connectivity index (χ0n) is 11.5. The van der Waals surface area contributed by atoms with Gasteiger partial charge in [-0.15, -0.1) is 0 Å². The van der Waals surface area contributed by atoms with Gasteiger partial charge in [-0.25, -0.2) is 0 Å². The molecule has 0 rings (SSSR count). The van der Waals surface area contributed by atoms with Crippen LogP contribution >= 0.6 is 0 Å². The number of likely N-dealkylation sites (N-methyl/N-ethyl adjacent to an activating group) is 2. The Morgan fingerprint density at radius 2 is 1.53 bits per heavy atom. The smallest absolute Gasteiger partial charge is 0.0109 e. The minimum Gasteiger partial charge on any atom is -0.309 e. The lowest BCUT2D eigenvalue weighted by Crippen LogP contribution is -2.37. The highest BCUT2D eigenvalue weighted by atomic mass is 15.2. The van der Waals surface area contributed by atoms with Crippen LogP contribution in [0.5, 0.6) is 0 Å². The average Bonchev–Trinajstić information content (AvgIpc) is 2.21. The predicted molar refractivity (Wildman–Crippen MR) is 68.4 cm³/mol. The van der Waals surface area contributed by atoms with E-state index in [-0.39, 0.29) is 0 Å². The second-order valence-corrected chi connectivity index (χ2v) is 4.82. The molecule has 0 radical (unpaired) electrons. The zero-order valence-corrected chi connectivity index (χ0v) is 11.5. The van der Waals surface area contributed by atoms with Gasteiger partial charge in [0, 0.05) is 19.1 Å². The van der Waals surface area contributed by atoms with E-state index >= 15 is 0 Å². The third kappa shape index (κ3) is 7.77. The van der Waals surface area contributed by atoms with E-state index in [0.717, 1.165) is 6.54 Å². The third-order valence-electron chi connectivity index (χ3n) is 3.12. The molecular weight excluding hydrogens is 186 g/mol. The molecule has 0 aliphatic carbocycles. The van der Waals surface area contributed by atoms with Crippen LogP contribution < -0.4 is 0 Å². The first kappa shape index (κ1) is 14.9. The lowest BCUT2D eigenvalue weighted by atomic mass is 10.2. The average molecular weight is 215 g/mol. The van der Waals surface area contributed by atoms with Crippen LogP contribution in [0.1, 0.15) is 20.3 Å². The van der Waals surface area contributed by atoms with Crippen molar-refractivity contribution in [3.8, 4) is 0 Å². The fourth-order valence-electron chi connectivity index (χ4n) is 1.37. The van der Waals surface area contributed by atoms with E-state index in [1.165, 1.54) is 26.1 Å². The van der Waals surface area contributed by atoms with Gasteiger partial charge in [0.15, 0.2) is 0 Å². The van der Waals surface area contributed by atoms with Crippen LogP contribution in [0.2, 0.25) is 0 Å². The molecule has 0 aromatic carbocycles. The van der Waals surface area contributed by atoms with Gasteiger partial charge in [-0.05, 0) is 54.6 Å². The molecule has 0 aromatic heterocycles. The maximum atomic E-state index is 2.45. The highest BCUT2D eigenvalue weighted by Gasteiger charge is 2.09. The van der Waals surface area contributed by atoms with Crippen LogP contribution in [0.15, 0.2) is 0 Å². The fraction of sp³-hybridized carbons (Fsp3) is 1.00. The van der Waals surface area contributed by atoms with E-state index in [0.29, 0.717) is 6.04 Å². The molecule has 0 aliphatic rings. The van der Waals surface area contributed by atoms with E-state index in [1.54, 1.807) is 0 Å². The Balaban J connectivity index is 3.64. The molecule has 0 fully saturated rings. The van der Waals surface area contributed by atoms with E-state index in [2.05, 4.69) is 56.7 Å². The standard InChI is InChI=1S/C12H29N3/c1-7-14(5)10-11-15(6)12(2)8-9-13(3)4/h12H,7-11H2,1-6H3. The van der Waals surface area contributed by atoms with Crippen LogP contribution in [0, 0.1) is 0 Å². The first-order chi connectivity index (χ1) is 6.97. The quantitative estimate of drug-likeness (QED) is 0.602. The second kappa shape index (κ2) is 8.08. The Bertz CT molecular complexity index is 148. The lowest BCUT2D eigenvalue weighted by molar-refractivity contribution is 0.200. The minimum atomic E-state index is 0.678. The Hall–Kier alpha value is -0.120. The summed E-state index contributed by atoms with van der Waals surface area (Å²) in [6.07, 6.45) is 1.25. The first-order valence-corrected chi connectivity index (χ1v) is 6.00. The Labute approximate surface area is 96.0 Å². The van der Waals surface area contributed by atoms with Gasteiger partial charge < -0.3 is 14.7 Å². The summed E-state index contributed by atoms with van der Waals surface area (Å²) in [7, 11) is 8.68. The van der Waals surface area contributed by atoms with Gasteiger partial charge in [0.05, 0.1) is 0 Å². The molecule has 0 saturated heterocycles. The SMILES string of the molecule is CCN(C)CCN(C)C(C)CCN(C)C. The highest BCUT2D eigenvalue weighted by Crippen LogP contribution is 2.01. The highest BCUT2D eigenvalue weighted by molar-refractivity contribution is 4.66. The van der Waals surface area contributed by atoms with Crippen LogP contribution in [-0.2, 0) is 0 Å². The first-order valence-electron chi connectivity index (χ1n) is 6.00. The topological polar surface area (TPSA) is 9.72 Å². The van der Waals surface area contributed by atoms with Crippen LogP contribution in [0.25, 0.3) is 0 Å². The molecule has 0 N–H and O–H groups in total. The van der Waals surface area contributed by atoms with Crippen molar-refractivity contribution >= 4 is 0 Å². The number of hydrogen-bond donors (Lipinski definition) is 0. The van der Waals surface area contributed by atoms with Crippen LogP contribution in [-0.4, -0.2) is 75.1 Å². The van der Waals surface area contributed by atoms with Gasteiger partial charge in [-0.3, -0.25) is 0 Å². The van der Waals surface area contributed by atoms with Gasteiger partial charge in [0.1, 0.15) is 0 Å². The summed E-state index contributed by atoms with van der Waals surface area (Å²) in [5.41, 5.74) is 0. The second-order valence-electron chi connectivity index (χ2n) is 4.82. The van der Waals surface area contributed by atoms with Crippen molar-refractivity contribution < 1.29 is 0 Å². The summed E-state index contributed by atoms with van der Waals surface area (Å²) in [5, 5.41) is 0. The largest absolute Gasteiger partial charge is 0.309 e. The van der Waals surface area contributed by atoms with Crippen LogP contribution in [0.3, 0.4) is 0 Å². The van der Waals surface area contributed by atoms with Gasteiger partial charge in [0.2, 0.25) is 0 Å². The zero-order chi connectivity index (χ0) is 11.8. The molecule has 0 aromatic rings. The molecule has 0 bridgehead atoms. The van der Waals surface area contributed by atoms with Crippen molar-refractivity contribution in [1.29, 1.82) is 0 Å². The van der Waals surface area contributed by atoms with Crippen molar-refractivity contribution in [2.24, 2.45) is 0 Å². The summed E-state index contributed by atoms with van der Waals surface area (Å²) >= 11 is 0. The Kier molecular flexibility index (Phi) is 8.02. The molecule has 0 spiro atoms. The predicted octanol–water partition coefficient (Wildman–Crippen LogP) is 1.21. The molecular formula is C12H29N3. The van der Waals surface area contributed by atoms with Crippen LogP contribution in [0.4, 0.5) is 0 Å². The van der Waals surface area contributed by atoms with E-state index in [4.69, 9.17) is 0 Å². The Morgan fingerprint density at radius 1 is 0.933 bits per heavy atom. The summed E-state index contributed by atoms with van der Waals surface area (Å²) in [6, 6.07) is 0.678. The van der Waals surface area contributed by atoms with Gasteiger partial charge in [0.25, 0.3) is 0 Å². The minimum absolute atomic E-state index is 0.678. The van der Waals surface area contributed by atoms with Gasteiger partial charge in [-0.2, -0.15) is 0 Å². The third-order valence-corrected chi connectivity index (χ3v) is 3.12. The monoisotopic (exact) mass is 215 g/mol. The maximum absolute atomic E-state index is 2.45. The van der Waals surface area contributed by atoms with Crippen molar-refractivity contribution in [2.75, 3.05) is 54.4 Å². The van der Waals surface area contributed by atoms with Crippen molar-refractivity contribution in [3.63, 3.8) is 0 Å². The molecule has 1 unspecified atom stereocenters. The molecule has 0 saturated carbocycles. The lowest BCUT2D eigenvalue weighted by Gasteiger charge is -2.27. The molecule has 92 valence electrons. The molecule has 0 heterocycles. The molecule has 15 heavy (non-hydrogen) atoms. The maximum Gasteiger partial charge on any atom is 0.0109 e. The summed E-state index contributed by atoms with van der Waals surface area (Å²) < 4.78 is 0. The number of rotatable bonds is 8. The summed E-state index contributed by atoms with van der Waals surface area (Å²) in [4.78, 5) is 7.06. The number of hydrogen-bond acceptors (Lipinski definition) is 3. The van der Waals surface area contributed by atoms with E-state index < -0.39 is 0 Å². The van der Waals surface area contributed by atoms with Crippen molar-refractivity contribution in [3.05, 3.63) is 0 Å². The summed E-state index contributed by atoms with van der Waals surface area (Å²) in [5.74, 6) is 0. The normalized spacial score (nSPS) is 14.2.